The van der Waals surface area contributed by atoms with Crippen molar-refractivity contribution in [3.05, 3.63) is 23.8 Å². The van der Waals surface area contributed by atoms with Crippen molar-refractivity contribution in [1.82, 2.24) is 4.90 Å². The molecule has 3 N–H and O–H groups in total. The van der Waals surface area contributed by atoms with Crippen molar-refractivity contribution in [1.29, 1.82) is 0 Å². The number of nitrogens with zero attached hydrogens (tertiary/aromatic N) is 2. The zero-order chi connectivity index (χ0) is 12.4. The zero-order valence-corrected chi connectivity index (χ0v) is 10.1. The molecule has 1 aromatic carbocycles. The van der Waals surface area contributed by atoms with Gasteiger partial charge in [0.25, 0.3) is 0 Å². The number of benzene rings is 1. The first kappa shape index (κ1) is 11.6. The van der Waals surface area contributed by atoms with Crippen LogP contribution in [0.15, 0.2) is 23.2 Å². The summed E-state index contributed by atoms with van der Waals surface area (Å²) < 4.78 is 5.02. The van der Waals surface area contributed by atoms with Crippen molar-refractivity contribution in [2.45, 2.75) is 13.0 Å². The number of likely N-dealkylation sites (N-methyl/N-ethyl adjacent to an activating group) is 1. The fraction of sp³-hybridized carbons (Fsp3) is 0.417. The second-order valence-corrected chi connectivity index (χ2v) is 3.93. The number of aromatic hydroxyl groups is 1. The highest BCUT2D eigenvalue weighted by molar-refractivity contribution is 5.80. The quantitative estimate of drug-likeness (QED) is 0.822. The zero-order valence-electron chi connectivity index (χ0n) is 10.1. The van der Waals surface area contributed by atoms with Gasteiger partial charge in [-0.2, -0.15) is 0 Å². The van der Waals surface area contributed by atoms with Gasteiger partial charge >= 0.3 is 0 Å². The molecule has 2 rings (SSSR count). The number of rotatable bonds is 3. The molecule has 1 atom stereocenters. The molecule has 1 unspecified atom stereocenters. The lowest BCUT2D eigenvalue weighted by Crippen LogP contribution is -2.35. The Morgan fingerprint density at radius 2 is 2.35 bits per heavy atom. The summed E-state index contributed by atoms with van der Waals surface area (Å²) >= 11 is 0. The number of phenols is 1. The van der Waals surface area contributed by atoms with Crippen LogP contribution >= 0.6 is 0 Å². The molecule has 0 aromatic heterocycles. The third-order valence-corrected chi connectivity index (χ3v) is 3.03. The predicted octanol–water partition coefficient (Wildman–Crippen LogP) is 1.09. The van der Waals surface area contributed by atoms with Gasteiger partial charge in [0, 0.05) is 6.54 Å². The van der Waals surface area contributed by atoms with Crippen molar-refractivity contribution >= 4 is 5.96 Å². The summed E-state index contributed by atoms with van der Waals surface area (Å²) in [6.07, 6.45) is 0. The Hall–Kier alpha value is -1.91. The highest BCUT2D eigenvalue weighted by atomic mass is 16.5. The van der Waals surface area contributed by atoms with E-state index in [9.17, 15) is 5.11 Å². The lowest BCUT2D eigenvalue weighted by atomic mass is 10.1. The maximum absolute atomic E-state index is 9.76. The van der Waals surface area contributed by atoms with Gasteiger partial charge in [-0.05, 0) is 24.6 Å². The Kier molecular flexibility index (Phi) is 3.08. The van der Waals surface area contributed by atoms with E-state index in [0.717, 1.165) is 12.1 Å². The molecule has 5 nitrogen and oxygen atoms in total. The molecule has 0 spiro atoms. The van der Waals surface area contributed by atoms with Crippen LogP contribution in [0.25, 0.3) is 0 Å². The first-order valence-electron chi connectivity index (χ1n) is 5.60. The number of aliphatic imine (C=N–C) groups is 1. The molecular formula is C12H17N3O2. The van der Waals surface area contributed by atoms with Crippen LogP contribution in [0.3, 0.4) is 0 Å². The van der Waals surface area contributed by atoms with E-state index in [1.807, 2.05) is 17.9 Å². The van der Waals surface area contributed by atoms with E-state index in [1.165, 1.54) is 7.11 Å². The van der Waals surface area contributed by atoms with E-state index in [0.29, 0.717) is 18.3 Å². The van der Waals surface area contributed by atoms with Crippen LogP contribution in [0.1, 0.15) is 18.5 Å². The monoisotopic (exact) mass is 235 g/mol. The van der Waals surface area contributed by atoms with E-state index in [1.54, 1.807) is 12.1 Å². The van der Waals surface area contributed by atoms with Crippen LogP contribution in [0.4, 0.5) is 0 Å². The molecule has 17 heavy (non-hydrogen) atoms. The highest BCUT2D eigenvalue weighted by Crippen LogP contribution is 2.32. The van der Waals surface area contributed by atoms with E-state index >= 15 is 0 Å². The molecular weight excluding hydrogens is 218 g/mol. The summed E-state index contributed by atoms with van der Waals surface area (Å²) in [5.74, 6) is 1.18. The lowest BCUT2D eigenvalue weighted by molar-refractivity contribution is 0.355. The molecule has 5 heteroatoms. The SMILES string of the molecule is CCN1C(N)=NCC1c1ccc(OC)c(O)c1. The van der Waals surface area contributed by atoms with Crippen molar-refractivity contribution < 1.29 is 9.84 Å². The van der Waals surface area contributed by atoms with Crippen molar-refractivity contribution in [2.24, 2.45) is 10.7 Å². The van der Waals surface area contributed by atoms with Gasteiger partial charge in [-0.1, -0.05) is 6.07 Å². The molecule has 1 aliphatic heterocycles. The van der Waals surface area contributed by atoms with Gasteiger partial charge in [0.05, 0.1) is 19.7 Å². The third-order valence-electron chi connectivity index (χ3n) is 3.03. The molecule has 1 aromatic rings. The van der Waals surface area contributed by atoms with Crippen molar-refractivity contribution in [2.75, 3.05) is 20.2 Å². The van der Waals surface area contributed by atoms with Crippen LogP contribution in [-0.2, 0) is 0 Å². The van der Waals surface area contributed by atoms with Gasteiger partial charge < -0.3 is 20.5 Å². The predicted molar refractivity (Wildman–Crippen MR) is 66.3 cm³/mol. The minimum atomic E-state index is 0.108. The fourth-order valence-electron chi connectivity index (χ4n) is 2.11. The summed E-state index contributed by atoms with van der Waals surface area (Å²) in [6.45, 7) is 3.46. The van der Waals surface area contributed by atoms with Crippen LogP contribution in [0.5, 0.6) is 11.5 Å². The van der Waals surface area contributed by atoms with Crippen LogP contribution in [-0.4, -0.2) is 36.2 Å². The van der Waals surface area contributed by atoms with Crippen LogP contribution in [0.2, 0.25) is 0 Å². The van der Waals surface area contributed by atoms with E-state index < -0.39 is 0 Å². The third kappa shape index (κ3) is 2.00. The second kappa shape index (κ2) is 4.53. The summed E-state index contributed by atoms with van der Waals surface area (Å²) in [4.78, 5) is 6.24. The summed E-state index contributed by atoms with van der Waals surface area (Å²) in [7, 11) is 1.53. The van der Waals surface area contributed by atoms with E-state index in [2.05, 4.69) is 4.99 Å². The maximum atomic E-state index is 9.76. The molecule has 1 aliphatic rings. The molecule has 0 fully saturated rings. The smallest absolute Gasteiger partial charge is 0.191 e. The normalized spacial score (nSPS) is 19.3. The molecule has 0 amide bonds. The van der Waals surface area contributed by atoms with Gasteiger partial charge in [-0.3, -0.25) is 4.99 Å². The van der Waals surface area contributed by atoms with Crippen LogP contribution < -0.4 is 10.5 Å². The lowest BCUT2D eigenvalue weighted by Gasteiger charge is -2.25. The average Bonchev–Trinajstić information content (AvgIpc) is 2.70. The summed E-state index contributed by atoms with van der Waals surface area (Å²) in [5.41, 5.74) is 6.79. The molecule has 0 aliphatic carbocycles. The van der Waals surface area contributed by atoms with Crippen molar-refractivity contribution in [3.63, 3.8) is 0 Å². The van der Waals surface area contributed by atoms with Gasteiger partial charge in [-0.25, -0.2) is 0 Å². The Labute approximate surface area is 101 Å². The number of phenolic OH excluding ortho intramolecular Hbond substituents is 1. The Balaban J connectivity index is 2.27. The van der Waals surface area contributed by atoms with Gasteiger partial charge in [-0.15, -0.1) is 0 Å². The number of nitrogens with two attached hydrogens (primary N) is 1. The Morgan fingerprint density at radius 1 is 1.59 bits per heavy atom. The topological polar surface area (TPSA) is 71.1 Å². The van der Waals surface area contributed by atoms with Gasteiger partial charge in [0.1, 0.15) is 0 Å². The number of ether oxygens (including phenoxy) is 1. The molecule has 1 heterocycles. The molecule has 0 saturated carbocycles. The van der Waals surface area contributed by atoms with E-state index in [-0.39, 0.29) is 11.8 Å². The summed E-state index contributed by atoms with van der Waals surface area (Å²) in [6, 6.07) is 5.50. The fourth-order valence-corrected chi connectivity index (χ4v) is 2.11. The molecule has 0 radical (unpaired) electrons. The largest absolute Gasteiger partial charge is 0.504 e. The maximum Gasteiger partial charge on any atom is 0.191 e. The summed E-state index contributed by atoms with van der Waals surface area (Å²) in [5, 5.41) is 9.76. The number of hydrogen-bond donors (Lipinski definition) is 2. The number of guanidine groups is 1. The van der Waals surface area contributed by atoms with Crippen molar-refractivity contribution in [3.8, 4) is 11.5 Å². The minimum Gasteiger partial charge on any atom is -0.504 e. The van der Waals surface area contributed by atoms with E-state index in [4.69, 9.17) is 10.5 Å². The number of hydrogen-bond acceptors (Lipinski definition) is 5. The first-order valence-corrected chi connectivity index (χ1v) is 5.60. The number of methoxy groups -OCH3 is 1. The second-order valence-electron chi connectivity index (χ2n) is 3.93. The standard InChI is InChI=1S/C12H17N3O2/c1-3-15-9(7-14-12(15)13)8-4-5-11(17-2)10(16)6-8/h4-6,9,16H,3,7H2,1-2H3,(H2,13,14). The molecule has 92 valence electrons. The van der Waals surface area contributed by atoms with Crippen LogP contribution in [0, 0.1) is 0 Å². The Morgan fingerprint density at radius 3 is 2.94 bits per heavy atom. The first-order chi connectivity index (χ1) is 8.17. The minimum absolute atomic E-state index is 0.108. The highest BCUT2D eigenvalue weighted by Gasteiger charge is 2.26. The average molecular weight is 235 g/mol. The Bertz CT molecular complexity index is 445. The van der Waals surface area contributed by atoms with Gasteiger partial charge in [0.15, 0.2) is 17.5 Å². The van der Waals surface area contributed by atoms with Gasteiger partial charge in [0.2, 0.25) is 0 Å². The molecule has 0 saturated heterocycles. The molecule has 0 bridgehead atoms.